The number of rotatable bonds is 35. The highest BCUT2D eigenvalue weighted by atomic mass is 16.4. The van der Waals surface area contributed by atoms with Gasteiger partial charge in [0.2, 0.25) is 47.3 Å². The summed E-state index contributed by atoms with van der Waals surface area (Å²) in [6, 6.07) is -13.6. The van der Waals surface area contributed by atoms with Crippen molar-refractivity contribution in [2.75, 3.05) is 13.2 Å². The van der Waals surface area contributed by atoms with Crippen molar-refractivity contribution in [2.45, 2.75) is 132 Å². The van der Waals surface area contributed by atoms with Crippen LogP contribution in [0.15, 0.2) is 0 Å². The molecule has 0 aliphatic carbocycles. The fourth-order valence-electron chi connectivity index (χ4n) is 5.60. The lowest BCUT2D eigenvalue weighted by atomic mass is 10.0. The van der Waals surface area contributed by atoms with Crippen molar-refractivity contribution in [3.8, 4) is 0 Å². The number of aliphatic carboxylic acids is 5. The minimum atomic E-state index is -1.93. The second-order valence-corrected chi connectivity index (χ2v) is 14.9. The maximum Gasteiger partial charge on any atom is 0.326 e. The number of guanidine groups is 1. The first-order valence-corrected chi connectivity index (χ1v) is 20.6. The molecule has 21 N–H and O–H groups in total. The van der Waals surface area contributed by atoms with Crippen LogP contribution in [0.25, 0.3) is 0 Å². The zero-order chi connectivity index (χ0) is 52.3. The fourth-order valence-corrected chi connectivity index (χ4v) is 5.60. The monoisotopic (exact) mass is 976 g/mol. The molecule has 31 heteroatoms. The van der Waals surface area contributed by atoms with Gasteiger partial charge in [0.15, 0.2) is 5.96 Å². The molecule has 0 rings (SSSR count). The third-order valence-electron chi connectivity index (χ3n) is 9.33. The predicted molar refractivity (Wildman–Crippen MR) is 227 cm³/mol. The summed E-state index contributed by atoms with van der Waals surface area (Å²) in [5.74, 6) is -16.8. The van der Waals surface area contributed by atoms with E-state index in [2.05, 4.69) is 42.5 Å². The Kier molecular flexibility index (Phi) is 27.7. The van der Waals surface area contributed by atoms with Crippen LogP contribution in [0.4, 0.5) is 0 Å². The molecule has 0 heterocycles. The molecule has 382 valence electrons. The van der Waals surface area contributed by atoms with E-state index >= 15 is 0 Å². The Morgan fingerprint density at radius 1 is 0.456 bits per heavy atom. The summed E-state index contributed by atoms with van der Waals surface area (Å²) < 4.78 is 0. The number of amides is 8. The molecule has 68 heavy (non-hydrogen) atoms. The minimum Gasteiger partial charge on any atom is -0.481 e. The molecule has 0 bridgehead atoms. The average molecular weight is 977 g/mol. The standard InChI is InChI=1S/C37H60N12O19/c1-16(29(60)44-18(3-2-14-42-37(40)41)31(62)48-22(36(67)68)5-9-24(39)51)43-35(66)23(15-50)49-34(65)21(8-13-28(58)59)47-33(64)20(7-12-27(56)57)46-32(63)19(6-11-26(54)55)45-30(61)17(38)4-10-25(52)53/h16-23,50H,2-15,38H2,1H3,(H2,39,51)(H,43,66)(H,44,60)(H,45,61)(H,46,63)(H,47,64)(H,48,62)(H,49,65)(H,52,53)(H,54,55)(H,56,57)(H,58,59)(H,67,68)(H4,40,41,42)/t16-,17-,18-,19-,20-,21-,22-,23-/m0/s1. The fraction of sp³-hybridized carbons (Fsp3) is 0.622. The maximum absolute atomic E-state index is 13.6. The van der Waals surface area contributed by atoms with Gasteiger partial charge in [0.25, 0.3) is 0 Å². The van der Waals surface area contributed by atoms with Crippen LogP contribution in [0.5, 0.6) is 0 Å². The van der Waals surface area contributed by atoms with Crippen molar-refractivity contribution in [1.82, 2.24) is 42.5 Å². The molecule has 0 spiro atoms. The molecular formula is C37H60N12O19. The van der Waals surface area contributed by atoms with Gasteiger partial charge < -0.3 is 90.4 Å². The number of hydrogen-bond acceptors (Lipinski definition) is 16. The second kappa shape index (κ2) is 31.3. The number of primary amides is 1. The first-order valence-electron chi connectivity index (χ1n) is 20.6. The molecule has 0 fully saturated rings. The van der Waals surface area contributed by atoms with E-state index in [9.17, 15) is 87.9 Å². The summed E-state index contributed by atoms with van der Waals surface area (Å²) in [7, 11) is 0. The molecule has 0 aromatic heterocycles. The highest BCUT2D eigenvalue weighted by Crippen LogP contribution is 2.08. The van der Waals surface area contributed by atoms with Crippen molar-refractivity contribution in [1.29, 1.82) is 5.41 Å². The van der Waals surface area contributed by atoms with E-state index in [1.165, 1.54) is 0 Å². The number of carboxylic acid groups (broad SMARTS) is 5. The Morgan fingerprint density at radius 2 is 0.794 bits per heavy atom. The van der Waals surface area contributed by atoms with Gasteiger partial charge in [0.1, 0.15) is 42.3 Å². The Hall–Kier alpha value is -7.70. The number of carboxylic acids is 5. The maximum atomic E-state index is 13.6. The van der Waals surface area contributed by atoms with Crippen LogP contribution in [0.3, 0.4) is 0 Å². The van der Waals surface area contributed by atoms with Crippen LogP contribution in [-0.2, 0) is 62.3 Å². The molecule has 8 atom stereocenters. The number of nitrogens with one attached hydrogen (secondary N) is 9. The number of aliphatic hydroxyl groups is 1. The molecule has 0 saturated heterocycles. The van der Waals surface area contributed by atoms with E-state index in [0.717, 1.165) is 6.92 Å². The predicted octanol–water partition coefficient (Wildman–Crippen LogP) is -7.21. The number of aliphatic hydroxyl groups excluding tert-OH is 1. The highest BCUT2D eigenvalue weighted by molar-refractivity contribution is 5.98. The lowest BCUT2D eigenvalue weighted by Crippen LogP contribution is -2.60. The summed E-state index contributed by atoms with van der Waals surface area (Å²) in [4.78, 5) is 161. The summed E-state index contributed by atoms with van der Waals surface area (Å²) in [6.45, 7) is -0.0459. The van der Waals surface area contributed by atoms with Crippen LogP contribution in [0.1, 0.15) is 84.0 Å². The smallest absolute Gasteiger partial charge is 0.326 e. The molecule has 0 saturated carbocycles. The molecular weight excluding hydrogens is 916 g/mol. The summed E-state index contributed by atoms with van der Waals surface area (Å²) in [6.07, 6.45) is -6.27. The number of hydrogen-bond donors (Lipinski definition) is 18. The van der Waals surface area contributed by atoms with Gasteiger partial charge in [-0.3, -0.25) is 62.9 Å². The van der Waals surface area contributed by atoms with Crippen molar-refractivity contribution in [3.05, 3.63) is 0 Å². The van der Waals surface area contributed by atoms with Crippen LogP contribution < -0.4 is 59.7 Å². The molecule has 0 aliphatic heterocycles. The third kappa shape index (κ3) is 25.7. The van der Waals surface area contributed by atoms with Crippen molar-refractivity contribution in [3.63, 3.8) is 0 Å². The number of carbonyl (C=O) groups excluding carboxylic acids is 8. The Bertz CT molecular complexity index is 1870. The zero-order valence-corrected chi connectivity index (χ0v) is 36.7. The lowest BCUT2D eigenvalue weighted by Gasteiger charge is -2.27. The SMILES string of the molecule is C[C@H](NC(=O)[C@H](CO)NC(=O)[C@H](CCC(=O)O)NC(=O)[C@H](CCC(=O)O)NC(=O)[C@H](CCC(=O)O)NC(=O)[C@@H](N)CCC(=O)O)C(=O)N[C@@H](CCCNC(=N)N)C(=O)N[C@@H](CCC(N)=O)C(=O)O. The van der Waals surface area contributed by atoms with E-state index in [-0.39, 0.29) is 19.4 Å². The van der Waals surface area contributed by atoms with Crippen molar-refractivity contribution >= 4 is 83.1 Å². The largest absolute Gasteiger partial charge is 0.481 e. The molecule has 31 nitrogen and oxygen atoms in total. The topological polar surface area (TPSA) is 541 Å². The van der Waals surface area contributed by atoms with Gasteiger partial charge in [-0.25, -0.2) is 4.79 Å². The van der Waals surface area contributed by atoms with Crippen LogP contribution >= 0.6 is 0 Å². The van der Waals surface area contributed by atoms with Crippen molar-refractivity contribution in [2.24, 2.45) is 17.2 Å². The summed E-state index contributed by atoms with van der Waals surface area (Å²) in [5, 5.41) is 81.1. The van der Waals surface area contributed by atoms with Crippen molar-refractivity contribution < 1.29 is 93.0 Å². The third-order valence-corrected chi connectivity index (χ3v) is 9.33. The van der Waals surface area contributed by atoms with E-state index in [1.807, 2.05) is 0 Å². The molecule has 8 amide bonds. The Morgan fingerprint density at radius 3 is 1.18 bits per heavy atom. The quantitative estimate of drug-likeness (QED) is 0.0159. The van der Waals surface area contributed by atoms with E-state index in [0.29, 0.717) is 0 Å². The first kappa shape index (κ1) is 60.3. The molecule has 0 aromatic rings. The highest BCUT2D eigenvalue weighted by Gasteiger charge is 2.34. The zero-order valence-electron chi connectivity index (χ0n) is 36.7. The number of carbonyl (C=O) groups is 13. The Balaban J connectivity index is 6.29. The van der Waals surface area contributed by atoms with Gasteiger partial charge in [-0.05, 0) is 51.9 Å². The van der Waals surface area contributed by atoms with Gasteiger partial charge in [-0.2, -0.15) is 0 Å². The van der Waals surface area contributed by atoms with Crippen LogP contribution in [0.2, 0.25) is 0 Å². The summed E-state index contributed by atoms with van der Waals surface area (Å²) in [5.41, 5.74) is 16.0. The molecule has 0 radical (unpaired) electrons. The van der Waals surface area contributed by atoms with E-state index in [4.69, 9.17) is 27.7 Å². The lowest BCUT2D eigenvalue weighted by molar-refractivity contribution is -0.143. The van der Waals surface area contributed by atoms with Gasteiger partial charge in [0, 0.05) is 38.6 Å². The van der Waals surface area contributed by atoms with Gasteiger partial charge in [-0.1, -0.05) is 0 Å². The minimum absolute atomic E-state index is 0.0256. The van der Waals surface area contributed by atoms with Crippen LogP contribution in [-0.4, -0.2) is 175 Å². The molecule has 0 unspecified atom stereocenters. The average Bonchev–Trinajstić information content (AvgIpc) is 3.24. The normalized spacial score (nSPS) is 14.2. The first-order chi connectivity index (χ1) is 31.7. The molecule has 0 aromatic carbocycles. The van der Waals surface area contributed by atoms with Gasteiger partial charge in [0.05, 0.1) is 12.6 Å². The molecule has 0 aliphatic rings. The second-order valence-electron chi connectivity index (χ2n) is 14.9. The number of nitrogens with two attached hydrogens (primary N) is 3. The van der Waals surface area contributed by atoms with Gasteiger partial charge >= 0.3 is 29.8 Å². The van der Waals surface area contributed by atoms with Gasteiger partial charge in [-0.15, -0.1) is 0 Å². The van der Waals surface area contributed by atoms with E-state index < -0.39 is 202 Å². The van der Waals surface area contributed by atoms with E-state index in [1.54, 1.807) is 0 Å². The van der Waals surface area contributed by atoms with Crippen LogP contribution in [0, 0.1) is 5.41 Å². The Labute approximate surface area is 386 Å². The summed E-state index contributed by atoms with van der Waals surface area (Å²) >= 11 is 0.